The van der Waals surface area contributed by atoms with Gasteiger partial charge in [-0.3, -0.25) is 4.79 Å². The van der Waals surface area contributed by atoms with Crippen LogP contribution in [0.5, 0.6) is 0 Å². The van der Waals surface area contributed by atoms with E-state index >= 15 is 0 Å². The number of hydrogen-bond acceptors (Lipinski definition) is 2. The van der Waals surface area contributed by atoms with Crippen molar-refractivity contribution in [2.45, 2.75) is 6.18 Å². The molecule has 0 heterocycles. The van der Waals surface area contributed by atoms with Crippen LogP contribution in [0, 0.1) is 11.6 Å². The first-order chi connectivity index (χ1) is 8.22. The van der Waals surface area contributed by atoms with Crippen LogP contribution >= 0.6 is 15.9 Å². The zero-order chi connectivity index (χ0) is 13.9. The molecule has 0 aliphatic carbocycles. The highest BCUT2D eigenvalue weighted by atomic mass is 79.9. The molecule has 0 aliphatic rings. The van der Waals surface area contributed by atoms with Crippen molar-refractivity contribution in [3.63, 3.8) is 0 Å². The Kier molecular flexibility index (Phi) is 4.80. The van der Waals surface area contributed by atoms with Gasteiger partial charge in [0, 0.05) is 0 Å². The van der Waals surface area contributed by atoms with Crippen LogP contribution in [0.4, 0.5) is 22.0 Å². The van der Waals surface area contributed by atoms with Gasteiger partial charge in [0.2, 0.25) is 0 Å². The lowest BCUT2D eigenvalue weighted by Gasteiger charge is -2.09. The molecular formula is C10H7BrF5NO. The SMILES string of the molecule is O=C(CNCC(F)(F)F)c1c(F)ccc(Br)c1F. The predicted octanol–water partition coefficient (Wildman–Crippen LogP) is 3.06. The molecule has 100 valence electrons. The van der Waals surface area contributed by atoms with Crippen molar-refractivity contribution in [1.82, 2.24) is 5.32 Å². The fourth-order valence-corrected chi connectivity index (χ4v) is 1.52. The summed E-state index contributed by atoms with van der Waals surface area (Å²) in [5, 5.41) is 1.77. The summed E-state index contributed by atoms with van der Waals surface area (Å²) >= 11 is 2.75. The molecule has 8 heteroatoms. The molecular weight excluding hydrogens is 325 g/mol. The zero-order valence-electron chi connectivity index (χ0n) is 8.74. The van der Waals surface area contributed by atoms with E-state index in [2.05, 4.69) is 15.9 Å². The van der Waals surface area contributed by atoms with Gasteiger partial charge >= 0.3 is 6.18 Å². The molecule has 1 N–H and O–H groups in total. The van der Waals surface area contributed by atoms with Crippen molar-refractivity contribution in [2.75, 3.05) is 13.1 Å². The number of Topliss-reactive ketones (excluding diaryl/α,β-unsaturated/α-hetero) is 1. The van der Waals surface area contributed by atoms with Gasteiger partial charge in [-0.15, -0.1) is 0 Å². The Labute approximate surface area is 107 Å². The molecule has 0 bridgehead atoms. The second kappa shape index (κ2) is 5.75. The average molecular weight is 332 g/mol. The third-order valence-electron chi connectivity index (χ3n) is 1.93. The lowest BCUT2D eigenvalue weighted by molar-refractivity contribution is -0.124. The number of alkyl halides is 3. The lowest BCUT2D eigenvalue weighted by atomic mass is 10.1. The lowest BCUT2D eigenvalue weighted by Crippen LogP contribution is -2.33. The molecule has 1 aromatic rings. The Morgan fingerprint density at radius 3 is 2.44 bits per heavy atom. The van der Waals surface area contributed by atoms with Crippen molar-refractivity contribution in [3.05, 3.63) is 33.8 Å². The molecule has 0 saturated heterocycles. The number of hydrogen-bond donors (Lipinski definition) is 1. The van der Waals surface area contributed by atoms with Crippen LogP contribution < -0.4 is 5.32 Å². The maximum absolute atomic E-state index is 13.4. The third kappa shape index (κ3) is 4.02. The molecule has 18 heavy (non-hydrogen) atoms. The average Bonchev–Trinajstić information content (AvgIpc) is 2.22. The summed E-state index contributed by atoms with van der Waals surface area (Å²) in [6.45, 7) is -2.21. The molecule has 0 unspecified atom stereocenters. The number of nitrogens with one attached hydrogen (secondary N) is 1. The summed E-state index contributed by atoms with van der Waals surface area (Å²) in [7, 11) is 0. The van der Waals surface area contributed by atoms with E-state index in [4.69, 9.17) is 0 Å². The van der Waals surface area contributed by atoms with Gasteiger partial charge in [0.25, 0.3) is 0 Å². The highest BCUT2D eigenvalue weighted by molar-refractivity contribution is 9.10. The topological polar surface area (TPSA) is 29.1 Å². The van der Waals surface area contributed by atoms with Crippen molar-refractivity contribution in [2.24, 2.45) is 0 Å². The number of carbonyl (C=O) groups is 1. The van der Waals surface area contributed by atoms with E-state index in [1.165, 1.54) is 0 Å². The van der Waals surface area contributed by atoms with E-state index in [-0.39, 0.29) is 4.47 Å². The molecule has 0 fully saturated rings. The van der Waals surface area contributed by atoms with E-state index in [1.54, 1.807) is 5.32 Å². The monoisotopic (exact) mass is 331 g/mol. The molecule has 0 radical (unpaired) electrons. The van der Waals surface area contributed by atoms with Gasteiger partial charge in [-0.05, 0) is 28.1 Å². The Morgan fingerprint density at radius 1 is 1.28 bits per heavy atom. The number of benzene rings is 1. The first-order valence-electron chi connectivity index (χ1n) is 4.66. The van der Waals surface area contributed by atoms with E-state index in [1.807, 2.05) is 0 Å². The first-order valence-corrected chi connectivity index (χ1v) is 5.46. The largest absolute Gasteiger partial charge is 0.401 e. The Bertz CT molecular complexity index is 460. The second-order valence-electron chi connectivity index (χ2n) is 3.36. The van der Waals surface area contributed by atoms with Crippen molar-refractivity contribution < 1.29 is 26.7 Å². The van der Waals surface area contributed by atoms with Crippen LogP contribution in [0.15, 0.2) is 16.6 Å². The van der Waals surface area contributed by atoms with Gasteiger partial charge in [0.05, 0.1) is 23.1 Å². The standard InChI is InChI=1S/C10H7BrF5NO/c11-5-1-2-6(12)8(9(5)13)7(18)3-17-4-10(14,15)16/h1-2,17H,3-4H2. The van der Waals surface area contributed by atoms with Crippen molar-refractivity contribution >= 4 is 21.7 Å². The molecule has 0 spiro atoms. The normalized spacial score (nSPS) is 11.7. The number of ketones is 1. The summed E-state index contributed by atoms with van der Waals surface area (Å²) in [4.78, 5) is 11.4. The van der Waals surface area contributed by atoms with Crippen LogP contribution in [0.25, 0.3) is 0 Å². The van der Waals surface area contributed by atoms with Crippen LogP contribution in [0.3, 0.4) is 0 Å². The highest BCUT2D eigenvalue weighted by Gasteiger charge is 2.27. The molecule has 2 nitrogen and oxygen atoms in total. The number of halogens is 6. The summed E-state index contributed by atoms with van der Waals surface area (Å²) in [6.07, 6.45) is -4.49. The van der Waals surface area contributed by atoms with Gasteiger partial charge in [-0.1, -0.05) is 0 Å². The molecule has 0 aromatic heterocycles. The van der Waals surface area contributed by atoms with E-state index in [0.29, 0.717) is 0 Å². The van der Waals surface area contributed by atoms with Crippen LogP contribution in [0.1, 0.15) is 10.4 Å². The summed E-state index contributed by atoms with van der Waals surface area (Å²) < 4.78 is 61.9. The molecule has 0 amide bonds. The third-order valence-corrected chi connectivity index (χ3v) is 2.55. The van der Waals surface area contributed by atoms with Crippen LogP contribution in [-0.4, -0.2) is 25.0 Å². The van der Waals surface area contributed by atoms with Gasteiger partial charge in [0.15, 0.2) is 11.6 Å². The van der Waals surface area contributed by atoms with Gasteiger partial charge in [-0.2, -0.15) is 13.2 Å². The Hall–Kier alpha value is -1.02. The first kappa shape index (κ1) is 15.0. The minimum atomic E-state index is -4.49. The fraction of sp³-hybridized carbons (Fsp3) is 0.300. The number of rotatable bonds is 4. The molecule has 0 aliphatic heterocycles. The second-order valence-corrected chi connectivity index (χ2v) is 4.21. The van der Waals surface area contributed by atoms with Crippen molar-refractivity contribution in [3.8, 4) is 0 Å². The summed E-state index contributed by atoms with van der Waals surface area (Å²) in [5.41, 5.74) is -0.862. The maximum Gasteiger partial charge on any atom is 0.401 e. The molecule has 1 aromatic carbocycles. The molecule has 0 atom stereocenters. The maximum atomic E-state index is 13.4. The van der Waals surface area contributed by atoms with E-state index in [9.17, 15) is 26.7 Å². The minimum Gasteiger partial charge on any atom is -0.302 e. The number of carbonyl (C=O) groups excluding carboxylic acids is 1. The smallest absolute Gasteiger partial charge is 0.302 e. The quantitative estimate of drug-likeness (QED) is 0.522. The van der Waals surface area contributed by atoms with Crippen molar-refractivity contribution in [1.29, 1.82) is 0 Å². The summed E-state index contributed by atoms with van der Waals surface area (Å²) in [6, 6.07) is 1.91. The Morgan fingerprint density at radius 2 is 1.89 bits per heavy atom. The van der Waals surface area contributed by atoms with Crippen LogP contribution in [0.2, 0.25) is 0 Å². The summed E-state index contributed by atoms with van der Waals surface area (Å²) in [5.74, 6) is -3.33. The minimum absolute atomic E-state index is 0.136. The van der Waals surface area contributed by atoms with Crippen LogP contribution in [-0.2, 0) is 0 Å². The van der Waals surface area contributed by atoms with E-state index < -0.39 is 42.2 Å². The van der Waals surface area contributed by atoms with Gasteiger partial charge in [-0.25, -0.2) is 8.78 Å². The van der Waals surface area contributed by atoms with Gasteiger partial charge < -0.3 is 5.32 Å². The molecule has 0 saturated carbocycles. The molecule has 1 rings (SSSR count). The highest BCUT2D eigenvalue weighted by Crippen LogP contribution is 2.22. The Balaban J connectivity index is 2.76. The fourth-order valence-electron chi connectivity index (χ4n) is 1.19. The van der Waals surface area contributed by atoms with Gasteiger partial charge in [0.1, 0.15) is 5.82 Å². The predicted molar refractivity (Wildman–Crippen MR) is 57.3 cm³/mol. The van der Waals surface area contributed by atoms with E-state index in [0.717, 1.165) is 12.1 Å². The zero-order valence-corrected chi connectivity index (χ0v) is 10.3.